The van der Waals surface area contributed by atoms with Crippen LogP contribution in [0.1, 0.15) is 59.0 Å². The molecule has 11 heteroatoms. The van der Waals surface area contributed by atoms with Crippen LogP contribution in [0.15, 0.2) is 114 Å². The minimum Gasteiger partial charge on any atom is -0.497 e. The van der Waals surface area contributed by atoms with Crippen LogP contribution in [-0.4, -0.2) is 42.4 Å². The van der Waals surface area contributed by atoms with Crippen LogP contribution < -0.4 is 9.47 Å². The lowest BCUT2D eigenvalue weighted by Gasteiger charge is -2.41. The Balaban J connectivity index is 1.52. The molecule has 0 saturated heterocycles. The molecule has 0 radical (unpaired) electrons. The lowest BCUT2D eigenvalue weighted by atomic mass is 9.67. The zero-order valence-corrected chi connectivity index (χ0v) is 28.4. The second kappa shape index (κ2) is 14.6. The molecule has 262 valence electrons. The lowest BCUT2D eigenvalue weighted by molar-refractivity contribution is -0.208. The summed E-state index contributed by atoms with van der Waals surface area (Å²) in [5.41, 5.74) is 0.0893. The zero-order valence-electron chi connectivity index (χ0n) is 28.4. The average Bonchev–Trinajstić information content (AvgIpc) is 3.16. The van der Waals surface area contributed by atoms with Crippen molar-refractivity contribution >= 4 is 5.90 Å². The third-order valence-electron chi connectivity index (χ3n) is 9.10. The van der Waals surface area contributed by atoms with E-state index in [1.807, 2.05) is 60.7 Å². The number of hydrogen-bond acceptors (Lipinski definition) is 7. The Morgan fingerprint density at radius 1 is 0.808 bits per heavy atom. The molecule has 2 atom stereocenters. The summed E-state index contributed by atoms with van der Waals surface area (Å²) in [6.45, 7) is 1.48. The molecule has 1 aromatic heterocycles. The molecule has 6 rings (SSSR count). The molecule has 0 spiro atoms. The van der Waals surface area contributed by atoms with E-state index in [0.29, 0.717) is 22.6 Å². The summed E-state index contributed by atoms with van der Waals surface area (Å²) in [7, 11) is 3.10. The molecular formula is C41H32F4N4O3. The van der Waals surface area contributed by atoms with Crippen LogP contribution in [-0.2, 0) is 15.7 Å². The highest BCUT2D eigenvalue weighted by atomic mass is 19.4. The molecule has 0 aliphatic carbocycles. The van der Waals surface area contributed by atoms with E-state index in [1.54, 1.807) is 38.5 Å². The third kappa shape index (κ3) is 7.31. The molecule has 0 N–H and O–H groups in total. The van der Waals surface area contributed by atoms with E-state index in [2.05, 4.69) is 21.8 Å². The van der Waals surface area contributed by atoms with Crippen molar-refractivity contribution in [2.45, 2.75) is 43.0 Å². The largest absolute Gasteiger partial charge is 0.497 e. The highest BCUT2D eigenvalue weighted by molar-refractivity contribution is 5.82. The van der Waals surface area contributed by atoms with Crippen LogP contribution >= 0.6 is 0 Å². The minimum absolute atomic E-state index is 0.0230. The zero-order chi connectivity index (χ0) is 36.9. The van der Waals surface area contributed by atoms with Gasteiger partial charge < -0.3 is 14.2 Å². The van der Waals surface area contributed by atoms with E-state index in [9.17, 15) is 13.2 Å². The van der Waals surface area contributed by atoms with E-state index in [0.717, 1.165) is 22.8 Å². The van der Waals surface area contributed by atoms with E-state index in [4.69, 9.17) is 24.5 Å². The Morgan fingerprint density at radius 2 is 1.37 bits per heavy atom. The Hall–Kier alpha value is -6.20. The van der Waals surface area contributed by atoms with Gasteiger partial charge in [-0.1, -0.05) is 66.4 Å². The van der Waals surface area contributed by atoms with Gasteiger partial charge in [0.05, 0.1) is 30.7 Å². The van der Waals surface area contributed by atoms with E-state index >= 15 is 4.39 Å². The lowest BCUT2D eigenvalue weighted by Crippen LogP contribution is -2.46. The second-order valence-corrected chi connectivity index (χ2v) is 12.4. The predicted octanol–water partition coefficient (Wildman–Crippen LogP) is 8.29. The summed E-state index contributed by atoms with van der Waals surface area (Å²) in [5, 5.41) is 8.96. The average molecular weight is 705 g/mol. The predicted molar refractivity (Wildman–Crippen MR) is 186 cm³/mol. The van der Waals surface area contributed by atoms with E-state index in [-0.39, 0.29) is 23.7 Å². The van der Waals surface area contributed by atoms with E-state index < -0.39 is 35.5 Å². The molecule has 5 aromatic rings. The van der Waals surface area contributed by atoms with Crippen molar-refractivity contribution in [2.75, 3.05) is 14.2 Å². The number of benzene rings is 4. The van der Waals surface area contributed by atoms with Crippen LogP contribution in [0.25, 0.3) is 0 Å². The van der Waals surface area contributed by atoms with Gasteiger partial charge >= 0.3 is 6.18 Å². The first-order valence-corrected chi connectivity index (χ1v) is 16.2. The number of aromatic nitrogens is 2. The molecule has 2 heterocycles. The normalized spacial score (nSPS) is 17.1. The van der Waals surface area contributed by atoms with Crippen LogP contribution in [0.4, 0.5) is 17.6 Å². The molecule has 52 heavy (non-hydrogen) atoms. The smallest absolute Gasteiger partial charge is 0.425 e. The van der Waals surface area contributed by atoms with Crippen LogP contribution in [0.3, 0.4) is 0 Å². The molecule has 0 bridgehead atoms. The van der Waals surface area contributed by atoms with Gasteiger partial charge in [0.2, 0.25) is 5.82 Å². The van der Waals surface area contributed by atoms with Crippen LogP contribution in [0, 0.1) is 29.0 Å². The van der Waals surface area contributed by atoms with Crippen molar-refractivity contribution in [3.8, 4) is 29.4 Å². The number of hydrogen-bond donors (Lipinski definition) is 0. The Labute approximate surface area is 298 Å². The second-order valence-electron chi connectivity index (χ2n) is 12.4. The standard InChI is InChI=1S/C41H32F4N4O3/c1-39(34-21-27(11-20-35(34)42)9-10-28-25-47-37(24-46)48-26-28)22-36(41(43,44)45)52-38(49-39)23-40(29-7-5-4-6-8-29,30-12-16-32(50-2)17-13-30)31-14-18-33(51-3)19-15-31/h4-8,11-21,25-26,36H,22-23H2,1-3H3/t36-,39-/m0/s1. The summed E-state index contributed by atoms with van der Waals surface area (Å²) in [6, 6.07) is 29.8. The summed E-state index contributed by atoms with van der Waals surface area (Å²) >= 11 is 0. The maximum atomic E-state index is 15.8. The topological polar surface area (TPSA) is 89.6 Å². The Bertz CT molecular complexity index is 2120. The van der Waals surface area contributed by atoms with Gasteiger partial charge in [-0.05, 0) is 66.1 Å². The van der Waals surface area contributed by atoms with Crippen molar-refractivity contribution in [2.24, 2.45) is 4.99 Å². The summed E-state index contributed by atoms with van der Waals surface area (Å²) in [6.07, 6.45) is -5.13. The third-order valence-corrected chi connectivity index (χ3v) is 9.10. The first-order chi connectivity index (χ1) is 25.0. The van der Waals surface area contributed by atoms with Gasteiger partial charge in [0.25, 0.3) is 0 Å². The molecule has 0 saturated carbocycles. The van der Waals surface area contributed by atoms with Gasteiger partial charge in [-0.2, -0.15) is 18.4 Å². The fraction of sp³-hybridized carbons (Fsp3) is 0.220. The first kappa shape index (κ1) is 35.6. The van der Waals surface area contributed by atoms with Gasteiger partial charge in [-0.15, -0.1) is 0 Å². The molecular weight excluding hydrogens is 672 g/mol. The molecule has 0 amide bonds. The van der Waals surface area contributed by atoms with Crippen molar-refractivity contribution in [3.05, 3.63) is 154 Å². The fourth-order valence-corrected chi connectivity index (χ4v) is 6.47. The maximum Gasteiger partial charge on any atom is 0.425 e. The SMILES string of the molecule is COc1ccc(C(CC2=N[C@](C)(c3cc(C#Cc4cnc(C#N)nc4)ccc3F)C[C@@H](C(F)(F)F)O2)(c2ccccc2)c2ccc(OC)cc2)cc1. The summed E-state index contributed by atoms with van der Waals surface area (Å²) in [4.78, 5) is 12.6. The van der Waals surface area contributed by atoms with Gasteiger partial charge in [0.1, 0.15) is 23.4 Å². The molecule has 0 unspecified atom stereocenters. The van der Waals surface area contributed by atoms with Crippen LogP contribution in [0.5, 0.6) is 11.5 Å². The summed E-state index contributed by atoms with van der Waals surface area (Å²) in [5.74, 6) is 5.99. The van der Waals surface area contributed by atoms with Crippen LogP contribution in [0.2, 0.25) is 0 Å². The van der Waals surface area contributed by atoms with Gasteiger partial charge in [-0.3, -0.25) is 0 Å². The minimum atomic E-state index is -4.79. The van der Waals surface area contributed by atoms with Gasteiger partial charge in [-0.25, -0.2) is 19.4 Å². The molecule has 7 nitrogen and oxygen atoms in total. The maximum absolute atomic E-state index is 15.8. The number of halogens is 4. The molecule has 4 aromatic carbocycles. The molecule has 1 aliphatic rings. The highest BCUT2D eigenvalue weighted by Gasteiger charge is 2.51. The first-order valence-electron chi connectivity index (χ1n) is 16.2. The van der Waals surface area contributed by atoms with Crippen molar-refractivity contribution in [1.82, 2.24) is 9.97 Å². The molecule has 1 aliphatic heterocycles. The number of nitrogens with zero attached hydrogens (tertiary/aromatic N) is 4. The Morgan fingerprint density at radius 3 is 1.90 bits per heavy atom. The number of methoxy groups -OCH3 is 2. The quantitative estimate of drug-likeness (QED) is 0.0918. The number of alkyl halides is 3. The number of rotatable bonds is 8. The fourth-order valence-electron chi connectivity index (χ4n) is 6.47. The summed E-state index contributed by atoms with van der Waals surface area (Å²) < 4.78 is 76.5. The number of ether oxygens (including phenoxy) is 3. The van der Waals surface area contributed by atoms with E-state index in [1.165, 1.54) is 31.5 Å². The van der Waals surface area contributed by atoms with Crippen molar-refractivity contribution < 1.29 is 31.8 Å². The number of nitriles is 1. The van der Waals surface area contributed by atoms with Crippen molar-refractivity contribution in [3.63, 3.8) is 0 Å². The van der Waals surface area contributed by atoms with Gasteiger partial charge in [0.15, 0.2) is 12.0 Å². The Kier molecular flexibility index (Phi) is 9.98. The highest BCUT2D eigenvalue weighted by Crippen LogP contribution is 2.47. The number of aliphatic imine (C=N–C) groups is 1. The van der Waals surface area contributed by atoms with Gasteiger partial charge in [0, 0.05) is 36.4 Å². The monoisotopic (exact) mass is 704 g/mol. The van der Waals surface area contributed by atoms with Crippen molar-refractivity contribution in [1.29, 1.82) is 5.26 Å². The molecule has 0 fully saturated rings.